The van der Waals surface area contributed by atoms with E-state index in [1.165, 1.54) is 25.7 Å². The van der Waals surface area contributed by atoms with Gasteiger partial charge in [-0.1, -0.05) is 13.3 Å². The number of ether oxygens (including phenoxy) is 2. The van der Waals surface area contributed by atoms with Crippen molar-refractivity contribution in [3.05, 3.63) is 0 Å². The van der Waals surface area contributed by atoms with Gasteiger partial charge < -0.3 is 24.8 Å². The molecule has 3 fully saturated rings. The summed E-state index contributed by atoms with van der Waals surface area (Å²) in [6, 6.07) is 0. The van der Waals surface area contributed by atoms with Crippen molar-refractivity contribution in [2.75, 3.05) is 24.7 Å². The first-order valence-corrected chi connectivity index (χ1v) is 14.6. The molecule has 8 nitrogen and oxygen atoms in total. The number of carbonyl (C=O) groups excluding carboxylic acids is 2. The minimum absolute atomic E-state index is 0.00634. The molecule has 0 aromatic rings. The van der Waals surface area contributed by atoms with Gasteiger partial charge in [0.1, 0.15) is 12.7 Å². The number of aliphatic hydroxyl groups excluding tert-OH is 3. The molecule has 9 heteroatoms. The highest BCUT2D eigenvalue weighted by atomic mass is 32.2. The van der Waals surface area contributed by atoms with Crippen molar-refractivity contribution in [2.45, 2.75) is 91.0 Å². The third kappa shape index (κ3) is 6.65. The summed E-state index contributed by atoms with van der Waals surface area (Å²) in [5.41, 5.74) is -1.82. The van der Waals surface area contributed by atoms with Crippen LogP contribution in [-0.2, 0) is 29.9 Å². The van der Waals surface area contributed by atoms with Crippen molar-refractivity contribution >= 4 is 22.7 Å². The Morgan fingerprint density at radius 3 is 2.31 bits per heavy atom. The molecule has 0 aromatic carbocycles. The summed E-state index contributed by atoms with van der Waals surface area (Å²) < 4.78 is 23.3. The number of hydrogen-bond donors (Lipinski definition) is 3. The molecule has 3 rings (SSSR count). The van der Waals surface area contributed by atoms with E-state index in [2.05, 4.69) is 0 Å². The van der Waals surface area contributed by atoms with Gasteiger partial charge in [-0.2, -0.15) is 0 Å². The van der Waals surface area contributed by atoms with Crippen molar-refractivity contribution < 1.29 is 38.6 Å². The van der Waals surface area contributed by atoms with Crippen molar-refractivity contribution in [2.24, 2.45) is 34.5 Å². The average Bonchev–Trinajstić information content (AvgIpc) is 3.50. The summed E-state index contributed by atoms with van der Waals surface area (Å²) in [5, 5.41) is 28.3. The zero-order chi connectivity index (χ0) is 26.0. The lowest BCUT2D eigenvalue weighted by Gasteiger charge is -2.37. The van der Waals surface area contributed by atoms with Crippen LogP contribution < -0.4 is 0 Å². The number of esters is 2. The van der Waals surface area contributed by atoms with Crippen molar-refractivity contribution in [1.29, 1.82) is 0 Å². The smallest absolute Gasteiger partial charge is 0.312 e. The maximum absolute atomic E-state index is 13.3. The van der Waals surface area contributed by atoms with Gasteiger partial charge in [0.15, 0.2) is 0 Å². The van der Waals surface area contributed by atoms with Crippen molar-refractivity contribution in [3.63, 3.8) is 0 Å². The van der Waals surface area contributed by atoms with Gasteiger partial charge in [0.05, 0.1) is 41.2 Å². The molecular weight excluding hydrogens is 472 g/mol. The lowest BCUT2D eigenvalue weighted by Crippen LogP contribution is -2.42. The summed E-state index contributed by atoms with van der Waals surface area (Å²) >= 11 is 0. The van der Waals surface area contributed by atoms with Crippen LogP contribution in [0.3, 0.4) is 0 Å². The Labute approximate surface area is 211 Å². The Bertz CT molecular complexity index is 785. The standard InChI is InChI=1S/C26H44O8S/c1-5-26(4,24(31)34-22-10-16-9-21(22)20-8-6-7-19(16)20)15-25(2,3)23(30)33-12-18(29)14-35(32)13-17(28)11-27/h16-22,27-29H,5-15H2,1-4H3. The Morgan fingerprint density at radius 1 is 1.00 bits per heavy atom. The fourth-order valence-electron chi connectivity index (χ4n) is 6.77. The van der Waals surface area contributed by atoms with E-state index in [4.69, 9.17) is 14.6 Å². The van der Waals surface area contributed by atoms with Gasteiger partial charge in [-0.05, 0) is 83.0 Å². The van der Waals surface area contributed by atoms with E-state index >= 15 is 0 Å². The summed E-state index contributed by atoms with van der Waals surface area (Å²) in [6.45, 7) is 6.38. The van der Waals surface area contributed by atoms with Crippen LogP contribution in [-0.4, -0.2) is 74.5 Å². The molecule has 0 saturated heterocycles. The number of fused-ring (bicyclic) bond motifs is 5. The molecular formula is C26H44O8S. The normalized spacial score (nSPS) is 31.9. The lowest BCUT2D eigenvalue weighted by atomic mass is 9.72. The van der Waals surface area contributed by atoms with E-state index in [0.29, 0.717) is 24.2 Å². The Balaban J connectivity index is 1.50. The molecule has 2 bridgehead atoms. The molecule has 3 aliphatic carbocycles. The summed E-state index contributed by atoms with van der Waals surface area (Å²) in [4.78, 5) is 26.2. The zero-order valence-corrected chi connectivity index (χ0v) is 22.4. The number of carbonyl (C=O) groups is 2. The lowest BCUT2D eigenvalue weighted by molar-refractivity contribution is -0.170. The zero-order valence-electron chi connectivity index (χ0n) is 21.6. The first kappa shape index (κ1) is 28.5. The van der Waals surface area contributed by atoms with Crippen LogP contribution in [0.15, 0.2) is 0 Å². The van der Waals surface area contributed by atoms with Crippen LogP contribution in [0.2, 0.25) is 0 Å². The Kier molecular flexibility index (Phi) is 9.43. The Morgan fingerprint density at radius 2 is 1.66 bits per heavy atom. The number of rotatable bonds is 13. The van der Waals surface area contributed by atoms with Gasteiger partial charge in [0.2, 0.25) is 0 Å². The van der Waals surface area contributed by atoms with Gasteiger partial charge in [-0.3, -0.25) is 13.8 Å². The van der Waals surface area contributed by atoms with Crippen LogP contribution in [0.5, 0.6) is 0 Å². The SMILES string of the molecule is CCC(C)(CC(C)(C)C(=O)OCC(O)CS(=O)CC(O)CO)C(=O)OC1CC2CC1C1CCCC21. The largest absolute Gasteiger partial charge is 0.462 e. The molecule has 0 heterocycles. The van der Waals surface area contributed by atoms with Gasteiger partial charge >= 0.3 is 11.9 Å². The average molecular weight is 517 g/mol. The van der Waals surface area contributed by atoms with E-state index in [0.717, 1.165) is 12.3 Å². The molecule has 3 aliphatic rings. The second-order valence-electron chi connectivity index (χ2n) is 11.9. The van der Waals surface area contributed by atoms with E-state index in [-0.39, 0.29) is 36.6 Å². The highest BCUT2D eigenvalue weighted by Gasteiger charge is 2.56. The molecule has 0 aliphatic heterocycles. The summed E-state index contributed by atoms with van der Waals surface area (Å²) in [5.74, 6) is 1.60. The molecule has 0 amide bonds. The van der Waals surface area contributed by atoms with Gasteiger partial charge in [-0.15, -0.1) is 0 Å². The second-order valence-corrected chi connectivity index (χ2v) is 13.5. The van der Waals surface area contributed by atoms with E-state index in [1.54, 1.807) is 13.8 Å². The fraction of sp³-hybridized carbons (Fsp3) is 0.923. The Hall–Kier alpha value is -1.03. The maximum Gasteiger partial charge on any atom is 0.312 e. The predicted octanol–water partition coefficient (Wildman–Crippen LogP) is 2.19. The van der Waals surface area contributed by atoms with E-state index in [1.807, 2.05) is 13.8 Å². The predicted molar refractivity (Wildman–Crippen MR) is 132 cm³/mol. The van der Waals surface area contributed by atoms with E-state index in [9.17, 15) is 24.0 Å². The molecule has 202 valence electrons. The van der Waals surface area contributed by atoms with Crippen molar-refractivity contribution in [1.82, 2.24) is 0 Å². The minimum atomic E-state index is -1.56. The highest BCUT2D eigenvalue weighted by Crippen LogP contribution is 2.59. The van der Waals surface area contributed by atoms with Crippen LogP contribution in [0.1, 0.15) is 72.6 Å². The minimum Gasteiger partial charge on any atom is -0.462 e. The van der Waals surface area contributed by atoms with Crippen LogP contribution in [0.25, 0.3) is 0 Å². The van der Waals surface area contributed by atoms with Gasteiger partial charge in [0, 0.05) is 10.8 Å². The third-order valence-corrected chi connectivity index (χ3v) is 10.2. The quantitative estimate of drug-likeness (QED) is 0.318. The summed E-state index contributed by atoms with van der Waals surface area (Å²) in [6.07, 6.45) is 4.54. The van der Waals surface area contributed by atoms with Crippen LogP contribution in [0, 0.1) is 34.5 Å². The molecule has 0 radical (unpaired) electrons. The first-order valence-electron chi connectivity index (χ1n) is 13.1. The molecule has 0 aromatic heterocycles. The van der Waals surface area contributed by atoms with E-state index < -0.39 is 46.4 Å². The van der Waals surface area contributed by atoms with Gasteiger partial charge in [-0.25, -0.2) is 0 Å². The fourth-order valence-corrected chi connectivity index (χ4v) is 7.97. The monoisotopic (exact) mass is 516 g/mol. The second kappa shape index (κ2) is 11.6. The van der Waals surface area contributed by atoms with Gasteiger partial charge in [0.25, 0.3) is 0 Å². The molecule has 35 heavy (non-hydrogen) atoms. The third-order valence-electron chi connectivity index (χ3n) is 8.66. The molecule has 0 spiro atoms. The first-order chi connectivity index (χ1) is 16.4. The van der Waals surface area contributed by atoms with Crippen LogP contribution in [0.4, 0.5) is 0 Å². The topological polar surface area (TPSA) is 130 Å². The molecule has 9 atom stereocenters. The van der Waals surface area contributed by atoms with Crippen molar-refractivity contribution in [3.8, 4) is 0 Å². The number of aliphatic hydroxyl groups is 3. The molecule has 3 saturated carbocycles. The number of hydrogen-bond acceptors (Lipinski definition) is 8. The highest BCUT2D eigenvalue weighted by molar-refractivity contribution is 7.85. The molecule has 9 unspecified atom stereocenters. The molecule has 3 N–H and O–H groups in total. The maximum atomic E-state index is 13.3. The van der Waals surface area contributed by atoms with Crippen LogP contribution >= 0.6 is 0 Å². The summed E-state index contributed by atoms with van der Waals surface area (Å²) in [7, 11) is -1.56.